The number of hydrogen-bond donors (Lipinski definition) is 0. The minimum atomic E-state index is -0.856. The van der Waals surface area contributed by atoms with Gasteiger partial charge in [-0.1, -0.05) is 6.08 Å². The minimum Gasteiger partial charge on any atom is -0.431 e. The van der Waals surface area contributed by atoms with Crippen LogP contribution in [-0.4, -0.2) is 25.0 Å². The Morgan fingerprint density at radius 2 is 2.05 bits per heavy atom. The number of carbonyl (C=O) groups is 1. The lowest BCUT2D eigenvalue weighted by Gasteiger charge is -2.19. The molecule has 0 aliphatic carbocycles. The molecule has 1 unspecified atom stereocenters. The van der Waals surface area contributed by atoms with E-state index >= 15 is 0 Å². The van der Waals surface area contributed by atoms with E-state index in [0.717, 1.165) is 29.0 Å². The van der Waals surface area contributed by atoms with Crippen LogP contribution in [0.25, 0.3) is 5.57 Å². The summed E-state index contributed by atoms with van der Waals surface area (Å²) >= 11 is 1.71. The Hall–Kier alpha value is -1.17. The Morgan fingerprint density at radius 1 is 1.29 bits per heavy atom. The monoisotopic (exact) mass is 308 g/mol. The maximum atomic E-state index is 12.2. The molecular weight excluding hydrogens is 288 g/mol. The third-order valence-corrected chi connectivity index (χ3v) is 4.85. The van der Waals surface area contributed by atoms with Crippen molar-refractivity contribution < 1.29 is 19.0 Å². The van der Waals surface area contributed by atoms with Gasteiger partial charge < -0.3 is 14.2 Å². The van der Waals surface area contributed by atoms with E-state index in [9.17, 15) is 4.79 Å². The molecule has 21 heavy (non-hydrogen) atoms. The highest BCUT2D eigenvalue weighted by molar-refractivity contribution is 7.12. The zero-order chi connectivity index (χ0) is 15.2. The molecule has 2 aliphatic heterocycles. The molecule has 0 amide bonds. The molecule has 1 atom stereocenters. The first-order chi connectivity index (χ1) is 9.89. The normalized spacial score (nSPS) is 24.9. The van der Waals surface area contributed by atoms with E-state index in [0.29, 0.717) is 6.61 Å². The van der Waals surface area contributed by atoms with Crippen molar-refractivity contribution in [2.75, 3.05) is 13.2 Å². The number of hydrogen-bond acceptors (Lipinski definition) is 5. The molecule has 0 spiro atoms. The second kappa shape index (κ2) is 5.23. The van der Waals surface area contributed by atoms with Crippen LogP contribution < -0.4 is 0 Å². The molecule has 1 fully saturated rings. The SMILES string of the molecule is Cc1sc(C)c(C2OC(C)(C)OC2=O)c1C1=CCOCC1. The number of rotatable bonds is 2. The molecule has 0 bridgehead atoms. The van der Waals surface area contributed by atoms with Crippen LogP contribution in [0, 0.1) is 13.8 Å². The van der Waals surface area contributed by atoms with Gasteiger partial charge in [-0.15, -0.1) is 11.3 Å². The quantitative estimate of drug-likeness (QED) is 0.784. The fourth-order valence-electron chi connectivity index (χ4n) is 3.00. The molecule has 4 nitrogen and oxygen atoms in total. The van der Waals surface area contributed by atoms with Crippen LogP contribution in [-0.2, 0) is 19.0 Å². The lowest BCUT2D eigenvalue weighted by molar-refractivity contribution is -0.160. The molecule has 2 aliphatic rings. The predicted molar refractivity (Wildman–Crippen MR) is 81.2 cm³/mol. The lowest BCUT2D eigenvalue weighted by atomic mass is 9.94. The number of thiophene rings is 1. The topological polar surface area (TPSA) is 44.8 Å². The van der Waals surface area contributed by atoms with Gasteiger partial charge in [-0.2, -0.15) is 0 Å². The zero-order valence-corrected chi connectivity index (χ0v) is 13.6. The zero-order valence-electron chi connectivity index (χ0n) is 12.8. The fourth-order valence-corrected chi connectivity index (χ4v) is 4.12. The summed E-state index contributed by atoms with van der Waals surface area (Å²) in [6, 6.07) is 0. The molecule has 5 heteroatoms. The van der Waals surface area contributed by atoms with Crippen LogP contribution in [0.2, 0.25) is 0 Å². The molecule has 1 aromatic rings. The molecule has 0 N–H and O–H groups in total. The molecule has 1 saturated heterocycles. The summed E-state index contributed by atoms with van der Waals surface area (Å²) in [6.45, 7) is 9.03. The molecule has 3 heterocycles. The van der Waals surface area contributed by atoms with E-state index in [2.05, 4.69) is 13.0 Å². The summed E-state index contributed by atoms with van der Waals surface area (Å²) in [5.41, 5.74) is 3.38. The molecule has 0 saturated carbocycles. The number of carbonyl (C=O) groups excluding carboxylic acids is 1. The van der Waals surface area contributed by atoms with Gasteiger partial charge in [0.2, 0.25) is 5.79 Å². The predicted octanol–water partition coefficient (Wildman–Crippen LogP) is 3.52. The van der Waals surface area contributed by atoms with Gasteiger partial charge in [0.25, 0.3) is 0 Å². The highest BCUT2D eigenvalue weighted by Crippen LogP contribution is 2.44. The van der Waals surface area contributed by atoms with Gasteiger partial charge in [0.05, 0.1) is 13.2 Å². The van der Waals surface area contributed by atoms with Gasteiger partial charge in [0, 0.05) is 29.2 Å². The third-order valence-electron chi connectivity index (χ3n) is 3.82. The minimum absolute atomic E-state index is 0.296. The van der Waals surface area contributed by atoms with Crippen molar-refractivity contribution in [2.24, 2.45) is 0 Å². The van der Waals surface area contributed by atoms with Crippen LogP contribution >= 0.6 is 11.3 Å². The van der Waals surface area contributed by atoms with Crippen molar-refractivity contribution in [1.82, 2.24) is 0 Å². The molecule has 114 valence electrons. The Labute approximate surface area is 128 Å². The van der Waals surface area contributed by atoms with Crippen LogP contribution in [0.4, 0.5) is 0 Å². The number of cyclic esters (lactones) is 1. The summed E-state index contributed by atoms with van der Waals surface area (Å²) in [7, 11) is 0. The van der Waals surface area contributed by atoms with Gasteiger partial charge in [-0.3, -0.25) is 0 Å². The van der Waals surface area contributed by atoms with Gasteiger partial charge in [0.15, 0.2) is 6.10 Å². The van der Waals surface area contributed by atoms with Crippen molar-refractivity contribution >= 4 is 22.9 Å². The Kier molecular flexibility index (Phi) is 3.67. The standard InChI is InChI=1S/C16H20O4S/c1-9-12(11-5-7-18-8-6-11)13(10(2)21-9)14-15(17)20-16(3,4)19-14/h5,14H,6-8H2,1-4H3. The Balaban J connectivity index is 2.07. The van der Waals surface area contributed by atoms with Crippen molar-refractivity contribution in [2.45, 2.75) is 46.0 Å². The Bertz CT molecular complexity index is 612. The van der Waals surface area contributed by atoms with Crippen LogP contribution in [0.1, 0.15) is 47.3 Å². The highest BCUT2D eigenvalue weighted by Gasteiger charge is 2.44. The number of aryl methyl sites for hydroxylation is 2. The van der Waals surface area contributed by atoms with E-state index in [-0.39, 0.29) is 5.97 Å². The van der Waals surface area contributed by atoms with Gasteiger partial charge in [-0.05, 0) is 31.4 Å². The van der Waals surface area contributed by atoms with Gasteiger partial charge >= 0.3 is 5.97 Å². The third kappa shape index (κ3) is 2.65. The first-order valence-electron chi connectivity index (χ1n) is 7.17. The molecule has 0 radical (unpaired) electrons. The maximum absolute atomic E-state index is 12.2. The van der Waals surface area contributed by atoms with Crippen molar-refractivity contribution in [3.05, 3.63) is 27.0 Å². The molecule has 3 rings (SSSR count). The van der Waals surface area contributed by atoms with Crippen LogP contribution in [0.15, 0.2) is 6.08 Å². The summed E-state index contributed by atoms with van der Waals surface area (Å²) in [5, 5.41) is 0. The van der Waals surface area contributed by atoms with E-state index < -0.39 is 11.9 Å². The number of ether oxygens (including phenoxy) is 3. The first-order valence-corrected chi connectivity index (χ1v) is 7.98. The van der Waals surface area contributed by atoms with Gasteiger partial charge in [-0.25, -0.2) is 4.79 Å². The second-order valence-electron chi connectivity index (χ2n) is 5.88. The fraction of sp³-hybridized carbons (Fsp3) is 0.562. The van der Waals surface area contributed by atoms with E-state index in [1.807, 2.05) is 6.92 Å². The average Bonchev–Trinajstić information content (AvgIpc) is 2.85. The Morgan fingerprint density at radius 3 is 2.62 bits per heavy atom. The largest absolute Gasteiger partial charge is 0.431 e. The van der Waals surface area contributed by atoms with Crippen molar-refractivity contribution in [3.8, 4) is 0 Å². The van der Waals surface area contributed by atoms with E-state index in [1.165, 1.54) is 10.5 Å². The van der Waals surface area contributed by atoms with E-state index in [4.69, 9.17) is 14.2 Å². The molecular formula is C16H20O4S. The van der Waals surface area contributed by atoms with Crippen LogP contribution in [0.3, 0.4) is 0 Å². The molecule has 1 aromatic heterocycles. The van der Waals surface area contributed by atoms with Gasteiger partial charge in [0.1, 0.15) is 0 Å². The maximum Gasteiger partial charge on any atom is 0.342 e. The van der Waals surface area contributed by atoms with Crippen LogP contribution in [0.5, 0.6) is 0 Å². The average molecular weight is 308 g/mol. The summed E-state index contributed by atoms with van der Waals surface area (Å²) in [5.74, 6) is -1.15. The van der Waals surface area contributed by atoms with E-state index in [1.54, 1.807) is 25.2 Å². The lowest BCUT2D eigenvalue weighted by Crippen LogP contribution is -2.20. The molecule has 0 aromatic carbocycles. The summed E-state index contributed by atoms with van der Waals surface area (Å²) in [6.07, 6.45) is 2.35. The second-order valence-corrected chi connectivity index (χ2v) is 7.31. The van der Waals surface area contributed by atoms with Crippen molar-refractivity contribution in [3.63, 3.8) is 0 Å². The first kappa shape index (κ1) is 14.8. The summed E-state index contributed by atoms with van der Waals surface area (Å²) < 4.78 is 16.6. The smallest absolute Gasteiger partial charge is 0.342 e. The highest BCUT2D eigenvalue weighted by atomic mass is 32.1. The number of esters is 1. The van der Waals surface area contributed by atoms with Crippen molar-refractivity contribution in [1.29, 1.82) is 0 Å². The summed E-state index contributed by atoms with van der Waals surface area (Å²) in [4.78, 5) is 14.5.